The van der Waals surface area contributed by atoms with Gasteiger partial charge in [-0.2, -0.15) is 0 Å². The van der Waals surface area contributed by atoms with Crippen LogP contribution in [0.15, 0.2) is 40.8 Å². The number of aliphatic hydroxyl groups is 3. The third kappa shape index (κ3) is 3.48. The molecule has 0 unspecified atom stereocenters. The Morgan fingerprint density at radius 2 is 1.77 bits per heavy atom. The SMILES string of the molecule is C/C(=C\C(=O)c1c(O)c2ccccc2n(C)c1=O)NC(CO)(CO)CO. The van der Waals surface area contributed by atoms with Crippen molar-refractivity contribution in [2.75, 3.05) is 19.8 Å². The van der Waals surface area contributed by atoms with Gasteiger partial charge in [0.1, 0.15) is 16.9 Å². The highest BCUT2D eigenvalue weighted by Gasteiger charge is 2.28. The number of ketones is 1. The number of nitrogens with zero attached hydrogens (tertiary/aromatic N) is 1. The average molecular weight is 362 g/mol. The molecule has 1 aromatic carbocycles. The van der Waals surface area contributed by atoms with E-state index in [0.717, 1.165) is 6.08 Å². The number of rotatable bonds is 7. The number of benzene rings is 1. The van der Waals surface area contributed by atoms with Crippen molar-refractivity contribution in [2.24, 2.45) is 7.05 Å². The normalized spacial score (nSPS) is 12.4. The van der Waals surface area contributed by atoms with E-state index < -0.39 is 42.5 Å². The number of carbonyl (C=O) groups is 1. The van der Waals surface area contributed by atoms with Crippen molar-refractivity contribution < 1.29 is 25.2 Å². The van der Waals surface area contributed by atoms with Gasteiger partial charge in [0, 0.05) is 24.2 Å². The predicted molar refractivity (Wildman–Crippen MR) is 96.1 cm³/mol. The predicted octanol–water partition coefficient (Wildman–Crippen LogP) is -0.364. The summed E-state index contributed by atoms with van der Waals surface area (Å²) < 4.78 is 1.28. The Hall–Kier alpha value is -2.68. The van der Waals surface area contributed by atoms with Crippen molar-refractivity contribution >= 4 is 16.7 Å². The first-order chi connectivity index (χ1) is 12.3. The van der Waals surface area contributed by atoms with E-state index in [-0.39, 0.29) is 11.3 Å². The fourth-order valence-electron chi connectivity index (χ4n) is 2.69. The maximum Gasteiger partial charge on any atom is 0.265 e. The van der Waals surface area contributed by atoms with Crippen molar-refractivity contribution in [3.63, 3.8) is 0 Å². The van der Waals surface area contributed by atoms with Crippen LogP contribution >= 0.6 is 0 Å². The second-order valence-corrected chi connectivity index (χ2v) is 6.18. The lowest BCUT2D eigenvalue weighted by molar-refractivity contribution is 0.0493. The van der Waals surface area contributed by atoms with E-state index in [1.54, 1.807) is 24.3 Å². The minimum absolute atomic E-state index is 0.210. The van der Waals surface area contributed by atoms with Gasteiger partial charge in [-0.15, -0.1) is 0 Å². The van der Waals surface area contributed by atoms with Crippen molar-refractivity contribution in [2.45, 2.75) is 12.5 Å². The first-order valence-corrected chi connectivity index (χ1v) is 7.94. The lowest BCUT2D eigenvalue weighted by Crippen LogP contribution is -2.54. The average Bonchev–Trinajstić information content (AvgIpc) is 2.64. The lowest BCUT2D eigenvalue weighted by atomic mass is 10.0. The Kier molecular flexibility index (Phi) is 5.81. The molecule has 2 rings (SSSR count). The summed E-state index contributed by atoms with van der Waals surface area (Å²) in [6.07, 6.45) is 1.07. The molecule has 0 amide bonds. The summed E-state index contributed by atoms with van der Waals surface area (Å²) >= 11 is 0. The molecule has 0 spiro atoms. The van der Waals surface area contributed by atoms with E-state index >= 15 is 0 Å². The molecule has 5 N–H and O–H groups in total. The van der Waals surface area contributed by atoms with Gasteiger partial charge in [0.05, 0.1) is 25.3 Å². The van der Waals surface area contributed by atoms with Crippen molar-refractivity contribution in [3.05, 3.63) is 52.0 Å². The van der Waals surface area contributed by atoms with Crippen LogP contribution in [-0.4, -0.2) is 56.1 Å². The van der Waals surface area contributed by atoms with Crippen LogP contribution in [0, 0.1) is 0 Å². The molecule has 8 nitrogen and oxygen atoms in total. The Labute approximate surface area is 149 Å². The van der Waals surface area contributed by atoms with E-state index in [2.05, 4.69) is 5.32 Å². The fraction of sp³-hybridized carbons (Fsp3) is 0.333. The second-order valence-electron chi connectivity index (χ2n) is 6.18. The Morgan fingerprint density at radius 1 is 1.19 bits per heavy atom. The zero-order valence-electron chi connectivity index (χ0n) is 14.6. The van der Waals surface area contributed by atoms with Gasteiger partial charge in [0.2, 0.25) is 0 Å². The van der Waals surface area contributed by atoms with Crippen LogP contribution in [0.25, 0.3) is 10.9 Å². The van der Waals surface area contributed by atoms with E-state index in [1.807, 2.05) is 0 Å². The third-order valence-electron chi connectivity index (χ3n) is 4.24. The van der Waals surface area contributed by atoms with Gasteiger partial charge >= 0.3 is 0 Å². The largest absolute Gasteiger partial charge is 0.506 e. The topological polar surface area (TPSA) is 132 Å². The molecular weight excluding hydrogens is 340 g/mol. The second kappa shape index (κ2) is 7.69. The molecule has 0 saturated carbocycles. The lowest BCUT2D eigenvalue weighted by Gasteiger charge is -2.30. The molecule has 0 aliphatic heterocycles. The zero-order valence-corrected chi connectivity index (χ0v) is 14.6. The molecular formula is C18H22N2O6. The molecule has 0 radical (unpaired) electrons. The minimum Gasteiger partial charge on any atom is -0.506 e. The van der Waals surface area contributed by atoms with Crippen LogP contribution in [0.2, 0.25) is 0 Å². The van der Waals surface area contributed by atoms with Gasteiger partial charge in [-0.1, -0.05) is 12.1 Å². The summed E-state index contributed by atoms with van der Waals surface area (Å²) in [6.45, 7) is -0.219. The Morgan fingerprint density at radius 3 is 2.35 bits per heavy atom. The molecule has 0 fully saturated rings. The van der Waals surface area contributed by atoms with Gasteiger partial charge < -0.3 is 30.3 Å². The third-order valence-corrected chi connectivity index (χ3v) is 4.24. The zero-order chi connectivity index (χ0) is 19.5. The molecule has 0 bridgehead atoms. The number of hydrogen-bond donors (Lipinski definition) is 5. The van der Waals surface area contributed by atoms with E-state index in [1.165, 1.54) is 18.5 Å². The van der Waals surface area contributed by atoms with Gasteiger partial charge in [0.25, 0.3) is 5.56 Å². The number of para-hydroxylation sites is 1. The molecule has 0 aliphatic carbocycles. The quantitative estimate of drug-likeness (QED) is 0.335. The number of aryl methyl sites for hydroxylation is 1. The highest BCUT2D eigenvalue weighted by molar-refractivity contribution is 6.09. The van der Waals surface area contributed by atoms with Crippen LogP contribution in [0.5, 0.6) is 5.75 Å². The number of fused-ring (bicyclic) bond motifs is 1. The summed E-state index contributed by atoms with van der Waals surface area (Å²) in [5.41, 5.74) is -1.73. The van der Waals surface area contributed by atoms with Crippen LogP contribution in [-0.2, 0) is 7.05 Å². The fourth-order valence-corrected chi connectivity index (χ4v) is 2.69. The molecule has 0 saturated heterocycles. The number of nitrogens with one attached hydrogen (secondary N) is 1. The highest BCUT2D eigenvalue weighted by atomic mass is 16.3. The summed E-state index contributed by atoms with van der Waals surface area (Å²) in [6, 6.07) is 6.66. The maximum atomic E-state index is 12.6. The highest BCUT2D eigenvalue weighted by Crippen LogP contribution is 2.26. The van der Waals surface area contributed by atoms with Crippen LogP contribution in [0.3, 0.4) is 0 Å². The molecule has 1 aromatic heterocycles. The van der Waals surface area contributed by atoms with Crippen molar-refractivity contribution in [1.82, 2.24) is 9.88 Å². The molecule has 1 heterocycles. The number of aromatic nitrogens is 1. The van der Waals surface area contributed by atoms with Crippen molar-refractivity contribution in [1.29, 1.82) is 0 Å². The number of hydrogen-bond acceptors (Lipinski definition) is 7. The first kappa shape index (κ1) is 19.6. The van der Waals surface area contributed by atoms with Crippen LogP contribution in [0.4, 0.5) is 0 Å². The van der Waals surface area contributed by atoms with Crippen LogP contribution < -0.4 is 10.9 Å². The summed E-state index contributed by atoms with van der Waals surface area (Å²) in [7, 11) is 1.50. The maximum absolute atomic E-state index is 12.6. The standard InChI is InChI=1S/C18H22N2O6/c1-11(19-18(8-21,9-22)10-23)7-14(24)15-16(25)12-5-3-4-6-13(12)20(2)17(15)26/h3-7,19,21-23,25H,8-10H2,1-2H3/b11-7+. The van der Waals surface area contributed by atoms with Crippen LogP contribution in [0.1, 0.15) is 17.3 Å². The summed E-state index contributed by atoms with van der Waals surface area (Å²) in [4.78, 5) is 25.1. The summed E-state index contributed by atoms with van der Waals surface area (Å²) in [5, 5.41) is 41.4. The first-order valence-electron chi connectivity index (χ1n) is 7.94. The van der Waals surface area contributed by atoms with Gasteiger partial charge in [0.15, 0.2) is 5.78 Å². The van der Waals surface area contributed by atoms with E-state index in [9.17, 15) is 30.0 Å². The molecule has 0 aliphatic rings. The molecule has 26 heavy (non-hydrogen) atoms. The van der Waals surface area contributed by atoms with Crippen molar-refractivity contribution in [3.8, 4) is 5.75 Å². The molecule has 0 atom stereocenters. The van der Waals surface area contributed by atoms with Gasteiger partial charge in [-0.25, -0.2) is 0 Å². The van der Waals surface area contributed by atoms with E-state index in [4.69, 9.17) is 0 Å². The number of allylic oxidation sites excluding steroid dienone is 2. The Balaban J connectivity index is 2.49. The molecule has 2 aromatic rings. The molecule has 8 heteroatoms. The summed E-state index contributed by atoms with van der Waals surface area (Å²) in [5.74, 6) is -1.14. The molecule has 140 valence electrons. The minimum atomic E-state index is -1.41. The number of aromatic hydroxyl groups is 1. The van der Waals surface area contributed by atoms with Gasteiger partial charge in [-0.05, 0) is 19.1 Å². The Bertz CT molecular complexity index is 904. The van der Waals surface area contributed by atoms with Gasteiger partial charge in [-0.3, -0.25) is 9.59 Å². The number of pyridine rings is 1. The monoisotopic (exact) mass is 362 g/mol. The number of carbonyl (C=O) groups excluding carboxylic acids is 1. The number of aliphatic hydroxyl groups excluding tert-OH is 3. The smallest absolute Gasteiger partial charge is 0.265 e. The van der Waals surface area contributed by atoms with E-state index in [0.29, 0.717) is 10.9 Å².